The molecule has 0 unspecified atom stereocenters. The zero-order valence-corrected chi connectivity index (χ0v) is 12.8. The van der Waals surface area contributed by atoms with Gasteiger partial charge < -0.3 is 0 Å². The van der Waals surface area contributed by atoms with Gasteiger partial charge in [0.2, 0.25) is 0 Å². The van der Waals surface area contributed by atoms with Gasteiger partial charge in [-0.2, -0.15) is 8.42 Å². The first-order valence-corrected chi connectivity index (χ1v) is 8.11. The second-order valence-corrected chi connectivity index (χ2v) is 6.40. The number of allylic oxidation sites excluding steroid dienone is 4. The van der Waals surface area contributed by atoms with Crippen molar-refractivity contribution in [2.24, 2.45) is 4.99 Å². The van der Waals surface area contributed by atoms with Crippen LogP contribution in [0.5, 0.6) is 0 Å². The van der Waals surface area contributed by atoms with Crippen LogP contribution in [-0.4, -0.2) is 31.5 Å². The molecule has 0 aliphatic rings. The maximum atomic E-state index is 10.4. The summed E-state index contributed by atoms with van der Waals surface area (Å²) in [4.78, 5) is 4.00. The van der Waals surface area contributed by atoms with E-state index in [-0.39, 0.29) is 5.75 Å². The maximum absolute atomic E-state index is 10.4. The first kappa shape index (κ1) is 16.8. The minimum Gasteiger partial charge on any atom is -0.293 e. The van der Waals surface area contributed by atoms with Crippen molar-refractivity contribution in [3.05, 3.63) is 21.8 Å². The molecule has 0 fully saturated rings. The molecule has 0 bridgehead atoms. The topological polar surface area (TPSA) is 66.7 Å². The van der Waals surface area contributed by atoms with Crippen molar-refractivity contribution < 1.29 is 13.0 Å². The molecular weight excluding hydrogens is 353 g/mol. The molecule has 0 aromatic rings. The summed E-state index contributed by atoms with van der Waals surface area (Å²) in [5.41, 5.74) is 0. The minimum absolute atomic E-state index is 0.234. The lowest BCUT2D eigenvalue weighted by Crippen LogP contribution is -2.04. The van der Waals surface area contributed by atoms with Crippen LogP contribution in [0.25, 0.3) is 0 Å². The molecule has 0 saturated heterocycles. The van der Waals surface area contributed by atoms with Gasteiger partial charge in [0, 0.05) is 12.8 Å². The molecule has 0 rings (SSSR count). The van der Waals surface area contributed by atoms with E-state index >= 15 is 0 Å². The molecule has 4 nitrogen and oxygen atoms in total. The fourth-order valence-corrected chi connectivity index (χ4v) is 2.25. The van der Waals surface area contributed by atoms with Crippen LogP contribution in [0.1, 0.15) is 26.2 Å². The van der Waals surface area contributed by atoms with Crippen molar-refractivity contribution in [3.63, 3.8) is 0 Å². The lowest BCUT2D eigenvalue weighted by Gasteiger charge is -1.92. The van der Waals surface area contributed by atoms with Crippen molar-refractivity contribution >= 4 is 38.9 Å². The van der Waals surface area contributed by atoms with Gasteiger partial charge in [0.05, 0.1) is 5.75 Å². The van der Waals surface area contributed by atoms with Gasteiger partial charge in [-0.1, -0.05) is 25.5 Å². The highest BCUT2D eigenvalue weighted by molar-refractivity contribution is 14.1. The largest absolute Gasteiger partial charge is 0.293 e. The van der Waals surface area contributed by atoms with Gasteiger partial charge in [-0.3, -0.25) is 9.55 Å². The molecule has 0 heterocycles. The van der Waals surface area contributed by atoms with Crippen molar-refractivity contribution in [2.45, 2.75) is 26.2 Å². The molecule has 0 aromatic carbocycles. The fraction of sp³-hybridized carbons (Fsp3) is 0.545. The van der Waals surface area contributed by atoms with E-state index in [1.807, 2.05) is 18.2 Å². The highest BCUT2D eigenvalue weighted by Crippen LogP contribution is 2.12. The third-order valence-electron chi connectivity index (χ3n) is 1.76. The molecule has 0 radical (unpaired) electrons. The van der Waals surface area contributed by atoms with Gasteiger partial charge in [-0.25, -0.2) is 0 Å². The molecule has 1 N–H and O–H groups in total. The Balaban J connectivity index is 3.74. The standard InChI is InChI=1S/C11H18INO3S/c1-2-6-11(12)7-3-4-8-13-9-5-10-17(14,15)16/h3-4,7-8H,2,5-6,9-10H2,1H3,(H,14,15,16)/b4-3-,11-7-,13-8?. The Bertz CT molecular complexity index is 386. The first-order valence-electron chi connectivity index (χ1n) is 5.42. The summed E-state index contributed by atoms with van der Waals surface area (Å²) in [6.45, 7) is 2.53. The number of halogens is 1. The van der Waals surface area contributed by atoms with Crippen LogP contribution in [0.15, 0.2) is 26.8 Å². The van der Waals surface area contributed by atoms with Gasteiger partial charge in [0.1, 0.15) is 0 Å². The van der Waals surface area contributed by atoms with E-state index in [0.29, 0.717) is 13.0 Å². The zero-order valence-electron chi connectivity index (χ0n) is 9.84. The quantitative estimate of drug-likeness (QED) is 0.235. The fourth-order valence-electron chi connectivity index (χ4n) is 1.01. The number of rotatable bonds is 8. The SMILES string of the molecule is CCC/C(I)=C/C=C\C=NCCCS(=O)(=O)O. The summed E-state index contributed by atoms with van der Waals surface area (Å²) < 4.78 is 30.5. The Morgan fingerprint density at radius 1 is 1.41 bits per heavy atom. The van der Waals surface area contributed by atoms with E-state index in [9.17, 15) is 8.42 Å². The monoisotopic (exact) mass is 371 g/mol. The molecule has 0 aliphatic carbocycles. The summed E-state index contributed by atoms with van der Waals surface area (Å²) in [6.07, 6.45) is 9.92. The summed E-state index contributed by atoms with van der Waals surface area (Å²) in [5, 5.41) is 0. The van der Waals surface area contributed by atoms with Crippen LogP contribution in [0, 0.1) is 0 Å². The number of hydrogen-bond acceptors (Lipinski definition) is 3. The first-order chi connectivity index (χ1) is 7.95. The molecule has 98 valence electrons. The van der Waals surface area contributed by atoms with Gasteiger partial charge in [-0.15, -0.1) is 0 Å². The molecule has 17 heavy (non-hydrogen) atoms. The number of nitrogens with zero attached hydrogens (tertiary/aromatic N) is 1. The molecule has 0 saturated carbocycles. The highest BCUT2D eigenvalue weighted by Gasteiger charge is 2.01. The van der Waals surface area contributed by atoms with Crippen molar-refractivity contribution in [3.8, 4) is 0 Å². The molecule has 6 heteroatoms. The summed E-state index contributed by atoms with van der Waals surface area (Å²) in [6, 6.07) is 0. The Hall–Kier alpha value is -0.210. The molecule has 0 spiro atoms. The van der Waals surface area contributed by atoms with E-state index < -0.39 is 10.1 Å². The predicted molar refractivity (Wildman–Crippen MR) is 80.5 cm³/mol. The van der Waals surface area contributed by atoms with Gasteiger partial charge in [0.25, 0.3) is 10.1 Å². The maximum Gasteiger partial charge on any atom is 0.264 e. The molecule has 0 aromatic heterocycles. The molecule has 0 atom stereocenters. The van der Waals surface area contributed by atoms with Crippen LogP contribution in [0.2, 0.25) is 0 Å². The normalized spacial score (nSPS) is 13.9. The molecule has 0 aliphatic heterocycles. The minimum atomic E-state index is -3.84. The Kier molecular flexibility index (Phi) is 9.66. The van der Waals surface area contributed by atoms with Gasteiger partial charge in [-0.05, 0) is 45.1 Å². The smallest absolute Gasteiger partial charge is 0.264 e. The van der Waals surface area contributed by atoms with Gasteiger partial charge >= 0.3 is 0 Å². The second-order valence-electron chi connectivity index (χ2n) is 3.44. The van der Waals surface area contributed by atoms with Gasteiger partial charge in [0.15, 0.2) is 0 Å². The van der Waals surface area contributed by atoms with Crippen LogP contribution in [0.4, 0.5) is 0 Å². The summed E-state index contributed by atoms with van der Waals surface area (Å²) in [5.74, 6) is -0.234. The van der Waals surface area contributed by atoms with Crippen LogP contribution in [-0.2, 0) is 10.1 Å². The Morgan fingerprint density at radius 3 is 2.71 bits per heavy atom. The average molecular weight is 371 g/mol. The second kappa shape index (κ2) is 9.78. The van der Waals surface area contributed by atoms with E-state index in [1.165, 1.54) is 3.58 Å². The third kappa shape index (κ3) is 13.7. The van der Waals surface area contributed by atoms with Crippen LogP contribution >= 0.6 is 22.6 Å². The van der Waals surface area contributed by atoms with Crippen molar-refractivity contribution in [1.82, 2.24) is 0 Å². The molecule has 0 amide bonds. The van der Waals surface area contributed by atoms with E-state index in [4.69, 9.17) is 4.55 Å². The van der Waals surface area contributed by atoms with Crippen molar-refractivity contribution in [1.29, 1.82) is 0 Å². The van der Waals surface area contributed by atoms with Crippen LogP contribution < -0.4 is 0 Å². The average Bonchev–Trinajstić information content (AvgIpc) is 2.21. The Labute approximate surface area is 117 Å². The molecular formula is C11H18INO3S. The van der Waals surface area contributed by atoms with Crippen molar-refractivity contribution in [2.75, 3.05) is 12.3 Å². The van der Waals surface area contributed by atoms with E-state index in [0.717, 1.165) is 12.8 Å². The lowest BCUT2D eigenvalue weighted by molar-refractivity contribution is 0.481. The highest BCUT2D eigenvalue weighted by atomic mass is 127. The lowest BCUT2D eigenvalue weighted by atomic mass is 10.3. The van der Waals surface area contributed by atoms with E-state index in [1.54, 1.807) is 6.21 Å². The Morgan fingerprint density at radius 2 is 2.12 bits per heavy atom. The zero-order chi connectivity index (χ0) is 13.1. The van der Waals surface area contributed by atoms with E-state index in [2.05, 4.69) is 34.5 Å². The number of aliphatic imine (C=N–C) groups is 1. The third-order valence-corrected chi connectivity index (χ3v) is 3.46. The predicted octanol–water partition coefficient (Wildman–Crippen LogP) is 3.01. The number of hydrogen-bond donors (Lipinski definition) is 1. The van der Waals surface area contributed by atoms with Crippen LogP contribution in [0.3, 0.4) is 0 Å². The summed E-state index contributed by atoms with van der Waals surface area (Å²) >= 11 is 2.30. The summed E-state index contributed by atoms with van der Waals surface area (Å²) in [7, 11) is -3.84.